The van der Waals surface area contributed by atoms with Crippen molar-refractivity contribution in [2.24, 2.45) is 0 Å². The van der Waals surface area contributed by atoms with Gasteiger partial charge in [-0.15, -0.1) is 0 Å². The molecule has 0 amide bonds. The smallest absolute Gasteiger partial charge is 0.223 e. The van der Waals surface area contributed by atoms with Gasteiger partial charge in [0.05, 0.1) is 24.9 Å². The van der Waals surface area contributed by atoms with Crippen molar-refractivity contribution < 1.29 is 9.15 Å². The molecule has 0 unspecified atom stereocenters. The zero-order chi connectivity index (χ0) is 18.5. The summed E-state index contributed by atoms with van der Waals surface area (Å²) in [6.07, 6.45) is 5.31. The van der Waals surface area contributed by atoms with E-state index in [4.69, 9.17) is 9.15 Å². The van der Waals surface area contributed by atoms with E-state index in [0.29, 0.717) is 12.5 Å². The lowest BCUT2D eigenvalue weighted by Gasteiger charge is -2.33. The van der Waals surface area contributed by atoms with Crippen LogP contribution in [0.4, 0.5) is 5.95 Å². The van der Waals surface area contributed by atoms with Crippen LogP contribution in [0.5, 0.6) is 0 Å². The average Bonchev–Trinajstić information content (AvgIpc) is 3.16. The summed E-state index contributed by atoms with van der Waals surface area (Å²) in [6, 6.07) is 9.93. The van der Waals surface area contributed by atoms with Gasteiger partial charge in [-0.3, -0.25) is 9.88 Å². The molecule has 1 N–H and O–H groups in total. The molecule has 0 aromatic carbocycles. The standard InChI is InChI=1S/C20H23N5O2/c1-15-4-5-19(27-15)18(25-9-11-26-12-10-25)14-23-20-22-8-6-17(24-20)16-3-2-7-21-13-16/h2-8,13,18H,9-12,14H2,1H3,(H,22,23,24)/t18-/m0/s1. The van der Waals surface area contributed by atoms with E-state index in [9.17, 15) is 0 Å². The van der Waals surface area contributed by atoms with E-state index in [0.717, 1.165) is 49.1 Å². The van der Waals surface area contributed by atoms with Crippen molar-refractivity contribution in [2.75, 3.05) is 38.2 Å². The van der Waals surface area contributed by atoms with Crippen molar-refractivity contribution >= 4 is 5.95 Å². The maximum atomic E-state index is 5.91. The maximum Gasteiger partial charge on any atom is 0.223 e. The minimum absolute atomic E-state index is 0.105. The third-order valence-electron chi connectivity index (χ3n) is 4.64. The van der Waals surface area contributed by atoms with Crippen LogP contribution < -0.4 is 5.32 Å². The third-order valence-corrected chi connectivity index (χ3v) is 4.64. The van der Waals surface area contributed by atoms with Crippen LogP contribution in [-0.2, 0) is 4.74 Å². The number of ether oxygens (including phenoxy) is 1. The van der Waals surface area contributed by atoms with Gasteiger partial charge in [-0.05, 0) is 37.3 Å². The van der Waals surface area contributed by atoms with Crippen LogP contribution in [0.1, 0.15) is 17.6 Å². The van der Waals surface area contributed by atoms with Gasteiger partial charge < -0.3 is 14.5 Å². The van der Waals surface area contributed by atoms with Gasteiger partial charge in [-0.2, -0.15) is 0 Å². The summed E-state index contributed by atoms with van der Waals surface area (Å²) in [5.74, 6) is 2.46. The monoisotopic (exact) mass is 365 g/mol. The lowest BCUT2D eigenvalue weighted by atomic mass is 10.1. The molecule has 0 aliphatic carbocycles. The zero-order valence-electron chi connectivity index (χ0n) is 15.3. The third kappa shape index (κ3) is 4.32. The summed E-state index contributed by atoms with van der Waals surface area (Å²) in [5, 5.41) is 3.37. The molecule has 3 aromatic heterocycles. The lowest BCUT2D eigenvalue weighted by molar-refractivity contribution is 0.0143. The Labute approximate surface area is 158 Å². The first-order valence-corrected chi connectivity index (χ1v) is 9.15. The molecule has 1 saturated heterocycles. The molecule has 0 saturated carbocycles. The highest BCUT2D eigenvalue weighted by molar-refractivity contribution is 5.58. The molecule has 1 aliphatic rings. The van der Waals surface area contributed by atoms with E-state index < -0.39 is 0 Å². The number of furan rings is 1. The number of anilines is 1. The van der Waals surface area contributed by atoms with Crippen molar-refractivity contribution in [2.45, 2.75) is 13.0 Å². The van der Waals surface area contributed by atoms with Crippen molar-refractivity contribution in [3.63, 3.8) is 0 Å². The van der Waals surface area contributed by atoms with Crippen LogP contribution in [0.15, 0.2) is 53.3 Å². The summed E-state index contributed by atoms with van der Waals surface area (Å²) < 4.78 is 11.4. The average molecular weight is 365 g/mol. The number of aromatic nitrogens is 3. The fraction of sp³-hybridized carbons (Fsp3) is 0.350. The van der Waals surface area contributed by atoms with E-state index in [1.54, 1.807) is 18.6 Å². The molecular formula is C20H23N5O2. The SMILES string of the molecule is Cc1ccc([C@H](CNc2nccc(-c3cccnc3)n2)N2CCOCC2)o1. The van der Waals surface area contributed by atoms with Gasteiger partial charge in [0.1, 0.15) is 11.5 Å². The first-order chi connectivity index (χ1) is 13.3. The van der Waals surface area contributed by atoms with Crippen molar-refractivity contribution in [1.29, 1.82) is 0 Å². The minimum Gasteiger partial charge on any atom is -0.465 e. The second-order valence-corrected chi connectivity index (χ2v) is 6.50. The lowest BCUT2D eigenvalue weighted by Crippen LogP contribution is -2.41. The van der Waals surface area contributed by atoms with E-state index >= 15 is 0 Å². The normalized spacial score (nSPS) is 16.2. The number of nitrogens with one attached hydrogen (secondary N) is 1. The maximum absolute atomic E-state index is 5.91. The Hall–Kier alpha value is -2.77. The van der Waals surface area contributed by atoms with Crippen LogP contribution in [0.25, 0.3) is 11.3 Å². The number of pyridine rings is 1. The Morgan fingerprint density at radius 2 is 2.04 bits per heavy atom. The first kappa shape index (κ1) is 17.6. The molecule has 3 aromatic rings. The van der Waals surface area contributed by atoms with Gasteiger partial charge in [-0.1, -0.05) is 0 Å². The predicted octanol–water partition coefficient (Wildman–Crippen LogP) is 2.93. The number of hydrogen-bond acceptors (Lipinski definition) is 7. The summed E-state index contributed by atoms with van der Waals surface area (Å²) in [6.45, 7) is 5.86. The zero-order valence-corrected chi connectivity index (χ0v) is 15.3. The van der Waals surface area contributed by atoms with Gasteiger partial charge in [0.25, 0.3) is 0 Å². The first-order valence-electron chi connectivity index (χ1n) is 9.15. The van der Waals surface area contributed by atoms with Crippen LogP contribution in [0, 0.1) is 6.92 Å². The van der Waals surface area contributed by atoms with Crippen LogP contribution in [0.3, 0.4) is 0 Å². The number of rotatable bonds is 6. The molecule has 1 aliphatic heterocycles. The number of aryl methyl sites for hydroxylation is 1. The van der Waals surface area contributed by atoms with Gasteiger partial charge in [0.15, 0.2) is 0 Å². The molecule has 1 fully saturated rings. The molecule has 4 heterocycles. The van der Waals surface area contributed by atoms with Gasteiger partial charge in [0.2, 0.25) is 5.95 Å². The summed E-state index contributed by atoms with van der Waals surface area (Å²) >= 11 is 0. The Kier molecular flexibility index (Phi) is 5.41. The molecule has 0 spiro atoms. The van der Waals surface area contributed by atoms with Gasteiger partial charge in [-0.25, -0.2) is 9.97 Å². The van der Waals surface area contributed by atoms with Gasteiger partial charge in [0, 0.05) is 43.8 Å². The topological polar surface area (TPSA) is 76.3 Å². The molecule has 0 radical (unpaired) electrons. The van der Waals surface area contributed by atoms with Crippen molar-refractivity contribution in [3.05, 3.63) is 60.4 Å². The molecule has 0 bridgehead atoms. The van der Waals surface area contributed by atoms with Crippen molar-refractivity contribution in [1.82, 2.24) is 19.9 Å². The highest BCUT2D eigenvalue weighted by atomic mass is 16.5. The van der Waals surface area contributed by atoms with E-state index in [1.807, 2.05) is 37.3 Å². The fourth-order valence-electron chi connectivity index (χ4n) is 3.24. The quantitative estimate of drug-likeness (QED) is 0.720. The number of hydrogen-bond donors (Lipinski definition) is 1. The fourth-order valence-corrected chi connectivity index (χ4v) is 3.24. The Morgan fingerprint density at radius 1 is 1.15 bits per heavy atom. The van der Waals surface area contributed by atoms with Crippen LogP contribution in [-0.4, -0.2) is 52.7 Å². The van der Waals surface area contributed by atoms with Crippen LogP contribution in [0.2, 0.25) is 0 Å². The Bertz CT molecular complexity index is 862. The largest absolute Gasteiger partial charge is 0.465 e. The molecule has 27 heavy (non-hydrogen) atoms. The summed E-state index contributed by atoms with van der Waals surface area (Å²) in [7, 11) is 0. The molecule has 7 heteroatoms. The highest BCUT2D eigenvalue weighted by Gasteiger charge is 2.25. The molecule has 4 rings (SSSR count). The highest BCUT2D eigenvalue weighted by Crippen LogP contribution is 2.24. The van der Waals surface area contributed by atoms with E-state index in [-0.39, 0.29) is 6.04 Å². The summed E-state index contributed by atoms with van der Waals surface area (Å²) in [5.41, 5.74) is 1.81. The number of morpholine rings is 1. The molecule has 140 valence electrons. The van der Waals surface area contributed by atoms with Gasteiger partial charge >= 0.3 is 0 Å². The van der Waals surface area contributed by atoms with Crippen molar-refractivity contribution in [3.8, 4) is 11.3 Å². The van der Waals surface area contributed by atoms with E-state index in [1.165, 1.54) is 0 Å². The molecular weight excluding hydrogens is 342 g/mol. The van der Waals surface area contributed by atoms with Crippen LogP contribution >= 0.6 is 0 Å². The Balaban J connectivity index is 1.50. The Morgan fingerprint density at radius 3 is 2.78 bits per heavy atom. The second-order valence-electron chi connectivity index (χ2n) is 6.50. The molecule has 1 atom stereocenters. The predicted molar refractivity (Wildman–Crippen MR) is 102 cm³/mol. The second kappa shape index (κ2) is 8.28. The minimum atomic E-state index is 0.105. The summed E-state index contributed by atoms with van der Waals surface area (Å²) in [4.78, 5) is 15.5. The number of nitrogens with zero attached hydrogens (tertiary/aromatic N) is 4. The van der Waals surface area contributed by atoms with E-state index in [2.05, 4.69) is 25.2 Å². The molecule has 7 nitrogen and oxygen atoms in total.